The Morgan fingerprint density at radius 3 is 2.79 bits per heavy atom. The highest BCUT2D eigenvalue weighted by Crippen LogP contribution is 2.38. The van der Waals surface area contributed by atoms with Crippen LogP contribution in [0.4, 0.5) is 0 Å². The number of hydrogen-bond donors (Lipinski definition) is 0. The molecular weight excluding hydrogens is 236 g/mol. The van der Waals surface area contributed by atoms with Crippen LogP contribution in [-0.4, -0.2) is 41.6 Å². The summed E-state index contributed by atoms with van der Waals surface area (Å²) >= 11 is 0. The van der Waals surface area contributed by atoms with Gasteiger partial charge in [0.25, 0.3) is 0 Å². The van der Waals surface area contributed by atoms with Gasteiger partial charge in [0.15, 0.2) is 0 Å². The summed E-state index contributed by atoms with van der Waals surface area (Å²) < 4.78 is 5.79. The monoisotopic (exact) mass is 258 g/mol. The van der Waals surface area contributed by atoms with E-state index in [9.17, 15) is 0 Å². The summed E-state index contributed by atoms with van der Waals surface area (Å²) in [7, 11) is 0. The maximum absolute atomic E-state index is 5.79. The Hall–Kier alpha value is -1.22. The maximum atomic E-state index is 5.79. The van der Waals surface area contributed by atoms with E-state index in [-0.39, 0.29) is 0 Å². The number of ether oxygens (including phenoxy) is 1. The second kappa shape index (κ2) is 4.14. The zero-order chi connectivity index (χ0) is 13.0. The van der Waals surface area contributed by atoms with Crippen LogP contribution in [0.25, 0.3) is 0 Å². The van der Waals surface area contributed by atoms with Crippen molar-refractivity contribution in [2.45, 2.75) is 38.8 Å². The topological polar surface area (TPSA) is 15.7 Å². The lowest BCUT2D eigenvalue weighted by Crippen LogP contribution is -2.60. The van der Waals surface area contributed by atoms with Crippen molar-refractivity contribution in [3.8, 4) is 0 Å². The number of nitrogens with zero attached hydrogens (tertiary/aromatic N) is 2. The molecule has 2 atom stereocenters. The lowest BCUT2D eigenvalue weighted by Gasteiger charge is -2.53. The van der Waals surface area contributed by atoms with Crippen LogP contribution in [0.1, 0.15) is 26.7 Å². The summed E-state index contributed by atoms with van der Waals surface area (Å²) in [6.45, 7) is 7.88. The minimum absolute atomic E-state index is 0.623. The Kier molecular flexibility index (Phi) is 2.52. The average Bonchev–Trinajstić information content (AvgIpc) is 2.81. The third-order valence-electron chi connectivity index (χ3n) is 5.32. The van der Waals surface area contributed by atoms with Crippen molar-refractivity contribution in [2.75, 3.05) is 19.7 Å². The number of rotatable bonds is 1. The summed E-state index contributed by atoms with van der Waals surface area (Å²) in [6.07, 6.45) is 9.44. The molecule has 3 saturated heterocycles. The molecule has 19 heavy (non-hydrogen) atoms. The molecule has 3 nitrogen and oxygen atoms in total. The van der Waals surface area contributed by atoms with E-state index in [1.165, 1.54) is 37.1 Å². The third kappa shape index (κ3) is 1.68. The first-order valence-electron chi connectivity index (χ1n) is 7.48. The van der Waals surface area contributed by atoms with Gasteiger partial charge in [0.05, 0.1) is 6.04 Å². The lowest BCUT2D eigenvalue weighted by molar-refractivity contribution is -0.00763. The van der Waals surface area contributed by atoms with E-state index >= 15 is 0 Å². The van der Waals surface area contributed by atoms with Crippen molar-refractivity contribution in [1.82, 2.24) is 9.80 Å². The second-order valence-electron chi connectivity index (χ2n) is 6.34. The maximum Gasteiger partial charge on any atom is 0.143 e. The van der Waals surface area contributed by atoms with Crippen LogP contribution < -0.4 is 0 Å². The first kappa shape index (κ1) is 11.6. The van der Waals surface area contributed by atoms with Crippen molar-refractivity contribution in [1.29, 1.82) is 0 Å². The number of hydrogen-bond acceptors (Lipinski definition) is 3. The smallest absolute Gasteiger partial charge is 0.143 e. The van der Waals surface area contributed by atoms with E-state index in [0.717, 1.165) is 18.3 Å². The van der Waals surface area contributed by atoms with Gasteiger partial charge in [0.1, 0.15) is 12.4 Å². The standard InChI is InChI=1S/C16H22N2O/c1-11-10-19-15-9-18(8-5-14(11)15)16-12(2)17-6-3-13(16)4-7-17/h5,8-9,12-13,16H,3-4,6-7,10H2,1-2H3/t12-,16-/m0/s1. The van der Waals surface area contributed by atoms with Gasteiger partial charge in [-0.1, -0.05) is 0 Å². The van der Waals surface area contributed by atoms with Crippen LogP contribution in [0.3, 0.4) is 0 Å². The van der Waals surface area contributed by atoms with Gasteiger partial charge in [-0.15, -0.1) is 0 Å². The predicted molar refractivity (Wildman–Crippen MR) is 75.3 cm³/mol. The molecule has 3 fully saturated rings. The molecule has 0 aromatic heterocycles. The van der Waals surface area contributed by atoms with Crippen molar-refractivity contribution in [2.24, 2.45) is 5.92 Å². The average molecular weight is 258 g/mol. The third-order valence-corrected chi connectivity index (χ3v) is 5.32. The number of fused-ring (bicyclic) bond motifs is 4. The molecule has 5 rings (SSSR count). The largest absolute Gasteiger partial charge is 0.487 e. The second-order valence-corrected chi connectivity index (χ2v) is 6.34. The highest BCUT2D eigenvalue weighted by atomic mass is 16.5. The van der Waals surface area contributed by atoms with Crippen molar-refractivity contribution < 1.29 is 4.74 Å². The van der Waals surface area contributed by atoms with Crippen LogP contribution in [-0.2, 0) is 4.74 Å². The zero-order valence-electron chi connectivity index (χ0n) is 11.8. The van der Waals surface area contributed by atoms with Crippen molar-refractivity contribution in [3.63, 3.8) is 0 Å². The van der Waals surface area contributed by atoms with Crippen LogP contribution in [0.2, 0.25) is 0 Å². The molecule has 0 radical (unpaired) electrons. The molecule has 5 aliphatic heterocycles. The molecular formula is C16H22N2O. The van der Waals surface area contributed by atoms with E-state index < -0.39 is 0 Å². The Labute approximate surface area is 115 Å². The van der Waals surface area contributed by atoms with Gasteiger partial charge in [-0.25, -0.2) is 0 Å². The van der Waals surface area contributed by atoms with E-state index in [4.69, 9.17) is 4.74 Å². The molecule has 0 spiro atoms. The molecule has 0 N–H and O–H groups in total. The van der Waals surface area contributed by atoms with Crippen molar-refractivity contribution >= 4 is 0 Å². The number of allylic oxidation sites excluding steroid dienone is 1. The molecule has 0 aromatic rings. The first-order valence-corrected chi connectivity index (χ1v) is 7.48. The fourth-order valence-electron chi connectivity index (χ4n) is 4.18. The number of piperidine rings is 3. The Morgan fingerprint density at radius 2 is 2.05 bits per heavy atom. The Balaban J connectivity index is 1.63. The fraction of sp³-hybridized carbons (Fsp3) is 0.625. The van der Waals surface area contributed by atoms with Gasteiger partial charge in [-0.2, -0.15) is 0 Å². The summed E-state index contributed by atoms with van der Waals surface area (Å²) in [5.41, 5.74) is 2.65. The van der Waals surface area contributed by atoms with Gasteiger partial charge in [-0.05, 0) is 57.3 Å². The van der Waals surface area contributed by atoms with Crippen LogP contribution >= 0.6 is 0 Å². The molecule has 102 valence electrons. The SMILES string of the molecule is CC1=C2C=CN([C@@H]3C4CCN(CC4)[C@H]3C)C=C2OC1. The minimum Gasteiger partial charge on any atom is -0.487 e. The van der Waals surface area contributed by atoms with Crippen molar-refractivity contribution in [3.05, 3.63) is 35.4 Å². The van der Waals surface area contributed by atoms with Gasteiger partial charge < -0.3 is 9.64 Å². The highest BCUT2D eigenvalue weighted by molar-refractivity contribution is 5.45. The molecule has 5 aliphatic rings. The van der Waals surface area contributed by atoms with Gasteiger partial charge >= 0.3 is 0 Å². The Morgan fingerprint density at radius 1 is 1.26 bits per heavy atom. The fourth-order valence-corrected chi connectivity index (χ4v) is 4.18. The first-order chi connectivity index (χ1) is 9.24. The molecule has 0 aliphatic carbocycles. The Bertz CT molecular complexity index is 481. The van der Waals surface area contributed by atoms with Gasteiger partial charge in [0.2, 0.25) is 0 Å². The molecule has 0 amide bonds. The van der Waals surface area contributed by atoms with Crippen LogP contribution in [0.15, 0.2) is 35.4 Å². The van der Waals surface area contributed by atoms with Gasteiger partial charge in [0, 0.05) is 24.0 Å². The summed E-state index contributed by atoms with van der Waals surface area (Å²) in [4.78, 5) is 5.06. The lowest BCUT2D eigenvalue weighted by atomic mass is 9.78. The summed E-state index contributed by atoms with van der Waals surface area (Å²) in [6, 6.07) is 1.28. The van der Waals surface area contributed by atoms with E-state index in [1.807, 2.05) is 0 Å². The normalized spacial score (nSPS) is 40.3. The van der Waals surface area contributed by atoms with E-state index in [0.29, 0.717) is 12.1 Å². The highest BCUT2D eigenvalue weighted by Gasteiger charge is 2.42. The zero-order valence-corrected chi connectivity index (χ0v) is 11.8. The summed E-state index contributed by atoms with van der Waals surface area (Å²) in [5.74, 6) is 1.91. The quantitative estimate of drug-likeness (QED) is 0.718. The van der Waals surface area contributed by atoms with Crippen LogP contribution in [0, 0.1) is 5.92 Å². The minimum atomic E-state index is 0.623. The van der Waals surface area contributed by atoms with E-state index in [2.05, 4.69) is 42.1 Å². The summed E-state index contributed by atoms with van der Waals surface area (Å²) in [5, 5.41) is 0. The molecule has 0 unspecified atom stereocenters. The predicted octanol–water partition coefficient (Wildman–Crippen LogP) is 2.49. The molecule has 3 heteroatoms. The molecule has 0 aromatic carbocycles. The van der Waals surface area contributed by atoms with Gasteiger partial charge in [-0.3, -0.25) is 4.90 Å². The molecule has 0 saturated carbocycles. The van der Waals surface area contributed by atoms with Crippen LogP contribution in [0.5, 0.6) is 0 Å². The molecule has 2 bridgehead atoms. The molecule has 5 heterocycles. The van der Waals surface area contributed by atoms with E-state index in [1.54, 1.807) is 0 Å².